The van der Waals surface area contributed by atoms with Crippen molar-refractivity contribution in [1.29, 1.82) is 0 Å². The second kappa shape index (κ2) is 5.53. The molecule has 1 aromatic carbocycles. The van der Waals surface area contributed by atoms with Crippen LogP contribution in [0.1, 0.15) is 26.3 Å². The Balaban J connectivity index is 2.21. The Hall–Kier alpha value is -2.04. The molecule has 0 saturated carbocycles. The zero-order valence-corrected chi connectivity index (χ0v) is 12.4. The van der Waals surface area contributed by atoms with Crippen LogP contribution in [0.4, 0.5) is 0 Å². The zero-order chi connectivity index (χ0) is 14.8. The number of carbonyl (C=O) groups excluding carboxylic acids is 1. The van der Waals surface area contributed by atoms with Gasteiger partial charge in [0.15, 0.2) is 5.96 Å². The molecule has 0 aliphatic carbocycles. The summed E-state index contributed by atoms with van der Waals surface area (Å²) in [6.07, 6.45) is 0. The molecule has 1 fully saturated rings. The lowest BCUT2D eigenvalue weighted by Gasteiger charge is -2.21. The van der Waals surface area contributed by atoms with Crippen molar-refractivity contribution in [2.45, 2.75) is 26.3 Å². The van der Waals surface area contributed by atoms with Crippen LogP contribution in [0.15, 0.2) is 29.3 Å². The normalized spacial score (nSPS) is 23.9. The van der Waals surface area contributed by atoms with Gasteiger partial charge in [0, 0.05) is 6.54 Å². The fraction of sp³-hybridized carbons (Fsp3) is 0.467. The van der Waals surface area contributed by atoms with E-state index in [1.54, 1.807) is 7.11 Å². The summed E-state index contributed by atoms with van der Waals surface area (Å²) in [5, 5.41) is 5.97. The first-order chi connectivity index (χ1) is 9.45. The van der Waals surface area contributed by atoms with Crippen molar-refractivity contribution >= 4 is 11.9 Å². The molecule has 2 rings (SSSR count). The minimum atomic E-state index is -0.790. The molecule has 0 bridgehead atoms. The van der Waals surface area contributed by atoms with E-state index in [-0.39, 0.29) is 5.91 Å². The van der Waals surface area contributed by atoms with Gasteiger partial charge in [-0.05, 0) is 30.5 Å². The lowest BCUT2D eigenvalue weighted by atomic mass is 9.92. The van der Waals surface area contributed by atoms with Crippen molar-refractivity contribution in [3.05, 3.63) is 29.8 Å². The van der Waals surface area contributed by atoms with Gasteiger partial charge in [-0.2, -0.15) is 0 Å². The monoisotopic (exact) mass is 275 g/mol. The SMILES string of the molecule is COc1ccc(C2(C)NC(=NCC(C)C)NC2=O)cc1. The second-order valence-electron chi connectivity index (χ2n) is 5.52. The Kier molecular flexibility index (Phi) is 3.97. The number of amides is 1. The molecule has 5 heteroatoms. The summed E-state index contributed by atoms with van der Waals surface area (Å²) in [5.41, 5.74) is 0.0905. The molecule has 1 saturated heterocycles. The predicted octanol–water partition coefficient (Wildman–Crippen LogP) is 1.64. The lowest BCUT2D eigenvalue weighted by molar-refractivity contribution is -0.123. The van der Waals surface area contributed by atoms with Crippen molar-refractivity contribution in [2.24, 2.45) is 10.9 Å². The number of carbonyl (C=O) groups is 1. The van der Waals surface area contributed by atoms with Crippen LogP contribution in [0.3, 0.4) is 0 Å². The third-order valence-corrected chi connectivity index (χ3v) is 3.34. The molecule has 5 nitrogen and oxygen atoms in total. The van der Waals surface area contributed by atoms with Crippen LogP contribution in [-0.4, -0.2) is 25.5 Å². The molecule has 1 aliphatic heterocycles. The average molecular weight is 275 g/mol. The molecule has 20 heavy (non-hydrogen) atoms. The smallest absolute Gasteiger partial charge is 0.256 e. The summed E-state index contributed by atoms with van der Waals surface area (Å²) in [6.45, 7) is 6.70. The molecule has 0 spiro atoms. The molecule has 1 atom stereocenters. The van der Waals surface area contributed by atoms with E-state index in [1.165, 1.54) is 0 Å². The van der Waals surface area contributed by atoms with E-state index in [0.29, 0.717) is 18.4 Å². The van der Waals surface area contributed by atoms with Gasteiger partial charge in [0.25, 0.3) is 5.91 Å². The number of ether oxygens (including phenoxy) is 1. The summed E-state index contributed by atoms with van der Waals surface area (Å²) in [5.74, 6) is 1.67. The van der Waals surface area contributed by atoms with E-state index in [9.17, 15) is 4.79 Å². The van der Waals surface area contributed by atoms with Crippen molar-refractivity contribution in [2.75, 3.05) is 13.7 Å². The fourth-order valence-corrected chi connectivity index (χ4v) is 2.04. The third-order valence-electron chi connectivity index (χ3n) is 3.34. The van der Waals surface area contributed by atoms with E-state index in [0.717, 1.165) is 11.3 Å². The van der Waals surface area contributed by atoms with Gasteiger partial charge in [-0.25, -0.2) is 0 Å². The second-order valence-corrected chi connectivity index (χ2v) is 5.52. The van der Waals surface area contributed by atoms with Crippen LogP contribution in [0.25, 0.3) is 0 Å². The number of nitrogens with one attached hydrogen (secondary N) is 2. The van der Waals surface area contributed by atoms with Crippen molar-refractivity contribution in [1.82, 2.24) is 10.6 Å². The summed E-state index contributed by atoms with van der Waals surface area (Å²) < 4.78 is 5.13. The Bertz CT molecular complexity index is 522. The number of benzene rings is 1. The Morgan fingerprint density at radius 2 is 1.95 bits per heavy atom. The first-order valence-corrected chi connectivity index (χ1v) is 6.74. The number of aliphatic imine (C=N–C) groups is 1. The van der Waals surface area contributed by atoms with Gasteiger partial charge in [0.1, 0.15) is 11.3 Å². The Labute approximate surface area is 119 Å². The van der Waals surface area contributed by atoms with E-state index >= 15 is 0 Å². The van der Waals surface area contributed by atoms with E-state index < -0.39 is 5.54 Å². The highest BCUT2D eigenvalue weighted by Gasteiger charge is 2.42. The number of guanidine groups is 1. The Morgan fingerprint density at radius 3 is 2.50 bits per heavy atom. The molecule has 1 aromatic rings. The number of rotatable bonds is 4. The molecule has 2 N–H and O–H groups in total. The van der Waals surface area contributed by atoms with Crippen LogP contribution in [0.5, 0.6) is 5.75 Å². The maximum Gasteiger partial charge on any atom is 0.256 e. The van der Waals surface area contributed by atoms with Gasteiger partial charge >= 0.3 is 0 Å². The molecule has 1 amide bonds. The molecule has 0 aromatic heterocycles. The van der Waals surface area contributed by atoms with E-state index in [4.69, 9.17) is 4.74 Å². The van der Waals surface area contributed by atoms with Crippen molar-refractivity contribution in [3.8, 4) is 5.75 Å². The van der Waals surface area contributed by atoms with Crippen LogP contribution in [0, 0.1) is 5.92 Å². The van der Waals surface area contributed by atoms with Crippen molar-refractivity contribution < 1.29 is 9.53 Å². The highest BCUT2D eigenvalue weighted by Crippen LogP contribution is 2.26. The van der Waals surface area contributed by atoms with Crippen molar-refractivity contribution in [3.63, 3.8) is 0 Å². The topological polar surface area (TPSA) is 62.7 Å². The number of hydrogen-bond acceptors (Lipinski definition) is 3. The van der Waals surface area contributed by atoms with Crippen LogP contribution >= 0.6 is 0 Å². The summed E-state index contributed by atoms with van der Waals surface area (Å²) >= 11 is 0. The average Bonchev–Trinajstić information content (AvgIpc) is 2.73. The molecule has 1 heterocycles. The first-order valence-electron chi connectivity index (χ1n) is 6.74. The maximum atomic E-state index is 12.2. The maximum absolute atomic E-state index is 12.2. The predicted molar refractivity (Wildman–Crippen MR) is 78.8 cm³/mol. The van der Waals surface area contributed by atoms with Gasteiger partial charge < -0.3 is 10.1 Å². The third kappa shape index (κ3) is 2.76. The lowest BCUT2D eigenvalue weighted by Crippen LogP contribution is -2.40. The number of nitrogens with zero attached hydrogens (tertiary/aromatic N) is 1. The highest BCUT2D eigenvalue weighted by molar-refractivity contribution is 6.09. The van der Waals surface area contributed by atoms with E-state index in [2.05, 4.69) is 29.5 Å². The fourth-order valence-electron chi connectivity index (χ4n) is 2.04. The van der Waals surface area contributed by atoms with Crippen LogP contribution in [0.2, 0.25) is 0 Å². The van der Waals surface area contributed by atoms with Gasteiger partial charge in [-0.15, -0.1) is 0 Å². The van der Waals surface area contributed by atoms with Gasteiger partial charge in [-0.3, -0.25) is 15.1 Å². The molecule has 108 valence electrons. The van der Waals surface area contributed by atoms with Gasteiger partial charge in [0.2, 0.25) is 0 Å². The molecule has 0 radical (unpaired) electrons. The van der Waals surface area contributed by atoms with Crippen LogP contribution < -0.4 is 15.4 Å². The van der Waals surface area contributed by atoms with E-state index in [1.807, 2.05) is 31.2 Å². The highest BCUT2D eigenvalue weighted by atomic mass is 16.5. The number of hydrogen-bond donors (Lipinski definition) is 2. The summed E-state index contributed by atoms with van der Waals surface area (Å²) in [4.78, 5) is 16.6. The van der Waals surface area contributed by atoms with Crippen LogP contribution in [-0.2, 0) is 10.3 Å². The number of methoxy groups -OCH3 is 1. The molecule has 1 unspecified atom stereocenters. The summed E-state index contributed by atoms with van der Waals surface area (Å²) in [6, 6.07) is 7.46. The summed E-state index contributed by atoms with van der Waals surface area (Å²) in [7, 11) is 1.62. The largest absolute Gasteiger partial charge is 0.497 e. The Morgan fingerprint density at radius 1 is 1.30 bits per heavy atom. The van der Waals surface area contributed by atoms with Gasteiger partial charge in [-0.1, -0.05) is 26.0 Å². The molecular formula is C15H21N3O2. The standard InChI is InChI=1S/C15H21N3O2/c1-10(2)9-16-14-17-13(19)15(3,18-14)11-5-7-12(20-4)8-6-11/h5-8,10H,9H2,1-4H3,(H2,16,17,18,19). The zero-order valence-electron chi connectivity index (χ0n) is 12.4. The first kappa shape index (κ1) is 14.4. The minimum Gasteiger partial charge on any atom is -0.497 e. The molecule has 1 aliphatic rings. The minimum absolute atomic E-state index is 0.0924. The quantitative estimate of drug-likeness (QED) is 0.878. The van der Waals surface area contributed by atoms with Gasteiger partial charge in [0.05, 0.1) is 7.11 Å². The molecular weight excluding hydrogens is 254 g/mol.